The molecule has 1 aliphatic rings. The van der Waals surface area contributed by atoms with Gasteiger partial charge in [0.15, 0.2) is 17.4 Å². The lowest BCUT2D eigenvalue weighted by Gasteiger charge is -2.20. The lowest BCUT2D eigenvalue weighted by atomic mass is 9.99. The van der Waals surface area contributed by atoms with Crippen molar-refractivity contribution in [2.45, 2.75) is 18.4 Å². The number of aromatic nitrogens is 4. The van der Waals surface area contributed by atoms with Gasteiger partial charge in [-0.05, 0) is 0 Å². The van der Waals surface area contributed by atoms with Crippen LogP contribution in [0, 0.1) is 5.92 Å². The third kappa shape index (κ3) is 4.95. The summed E-state index contributed by atoms with van der Waals surface area (Å²) < 4.78 is 42.7. The van der Waals surface area contributed by atoms with Crippen molar-refractivity contribution in [3.05, 3.63) is 16.7 Å². The standard InChI is InChI=1S/C12H19N5O11P2/c1-25-2-5-6(3-26-30(23,24)28-29(20,21)22)27-11(8(5)18)17-4-14-7-9(17)15-12(13)16-10(7)19/h4-6,8,11,18H,2-3H2,1H3,(H,23,24)(H2,20,21,22)(H3,13,15,16,19)/t5-,6-,8-,11-/m1/s1. The van der Waals surface area contributed by atoms with Crippen molar-refractivity contribution < 1.29 is 47.2 Å². The number of aliphatic hydroxyl groups excluding tert-OH is 1. The summed E-state index contributed by atoms with van der Waals surface area (Å²) in [7, 11) is -9.07. The number of nitrogen functional groups attached to an aromatic ring is 1. The monoisotopic (exact) mass is 471 g/mol. The number of aromatic amines is 1. The van der Waals surface area contributed by atoms with Gasteiger partial charge < -0.3 is 35.0 Å². The Labute approximate surface area is 167 Å². The number of imidazole rings is 1. The molecule has 0 amide bonds. The van der Waals surface area contributed by atoms with Crippen LogP contribution in [-0.2, 0) is 27.4 Å². The van der Waals surface area contributed by atoms with E-state index in [1.165, 1.54) is 18.0 Å². The van der Waals surface area contributed by atoms with E-state index >= 15 is 0 Å². The van der Waals surface area contributed by atoms with Crippen LogP contribution < -0.4 is 11.3 Å². The Morgan fingerprint density at radius 3 is 2.67 bits per heavy atom. The van der Waals surface area contributed by atoms with Gasteiger partial charge in [0.2, 0.25) is 5.95 Å². The third-order valence-electron chi connectivity index (χ3n) is 4.22. The first kappa shape index (κ1) is 23.0. The highest BCUT2D eigenvalue weighted by Gasteiger charge is 2.46. The van der Waals surface area contributed by atoms with Gasteiger partial charge in [0.25, 0.3) is 5.56 Å². The Bertz CT molecular complexity index is 1070. The maximum Gasteiger partial charge on any atom is 0.481 e. The van der Waals surface area contributed by atoms with Gasteiger partial charge in [-0.2, -0.15) is 9.29 Å². The van der Waals surface area contributed by atoms with Crippen molar-refractivity contribution in [2.24, 2.45) is 5.92 Å². The summed E-state index contributed by atoms with van der Waals surface area (Å²) in [6.45, 7) is -0.748. The Balaban J connectivity index is 1.85. The average molecular weight is 471 g/mol. The number of phosphoric ester groups is 1. The molecule has 168 valence electrons. The number of H-pyrrole nitrogens is 1. The Kier molecular flexibility index (Phi) is 6.46. The van der Waals surface area contributed by atoms with Crippen LogP contribution in [0.4, 0.5) is 5.95 Å². The average Bonchev–Trinajstić information content (AvgIpc) is 3.14. The first-order valence-electron chi connectivity index (χ1n) is 8.21. The number of nitrogens with zero attached hydrogens (tertiary/aromatic N) is 3. The zero-order chi connectivity index (χ0) is 22.3. The van der Waals surface area contributed by atoms with Crippen molar-refractivity contribution in [1.82, 2.24) is 19.5 Å². The Morgan fingerprint density at radius 1 is 1.33 bits per heavy atom. The molecule has 30 heavy (non-hydrogen) atoms. The molecule has 3 rings (SSSR count). The molecule has 2 aromatic heterocycles. The van der Waals surface area contributed by atoms with Crippen molar-refractivity contribution in [2.75, 3.05) is 26.1 Å². The van der Waals surface area contributed by atoms with Crippen LogP contribution >= 0.6 is 15.6 Å². The summed E-state index contributed by atoms with van der Waals surface area (Å²) >= 11 is 0. The minimum atomic E-state index is -5.30. The summed E-state index contributed by atoms with van der Waals surface area (Å²) in [6, 6.07) is 0. The number of nitrogens with one attached hydrogen (secondary N) is 1. The molecule has 7 N–H and O–H groups in total. The van der Waals surface area contributed by atoms with E-state index in [0.29, 0.717) is 0 Å². The Morgan fingerprint density at radius 2 is 2.03 bits per heavy atom. The molecule has 0 spiro atoms. The zero-order valence-electron chi connectivity index (χ0n) is 15.3. The Hall–Kier alpha value is -1.71. The second-order valence-corrected chi connectivity index (χ2v) is 9.12. The van der Waals surface area contributed by atoms with E-state index in [9.17, 15) is 23.9 Å². The van der Waals surface area contributed by atoms with E-state index in [1.807, 2.05) is 0 Å². The van der Waals surface area contributed by atoms with Crippen LogP contribution in [-0.4, -0.2) is 71.8 Å². The first-order chi connectivity index (χ1) is 13.9. The molecule has 1 unspecified atom stereocenters. The van der Waals surface area contributed by atoms with Gasteiger partial charge in [0.1, 0.15) is 6.10 Å². The number of nitrogens with two attached hydrogens (primary N) is 1. The van der Waals surface area contributed by atoms with Gasteiger partial charge in [-0.3, -0.25) is 18.9 Å². The van der Waals surface area contributed by atoms with Gasteiger partial charge in [-0.25, -0.2) is 14.1 Å². The minimum absolute atomic E-state index is 0.0238. The van der Waals surface area contributed by atoms with Crippen LogP contribution in [0.1, 0.15) is 6.23 Å². The molecule has 0 aliphatic carbocycles. The van der Waals surface area contributed by atoms with Crippen LogP contribution in [0.2, 0.25) is 0 Å². The highest BCUT2D eigenvalue weighted by molar-refractivity contribution is 7.60. The van der Waals surface area contributed by atoms with Gasteiger partial charge in [-0.15, -0.1) is 0 Å². The first-order valence-corrected chi connectivity index (χ1v) is 11.2. The van der Waals surface area contributed by atoms with Crippen molar-refractivity contribution >= 4 is 32.8 Å². The molecule has 0 saturated carbocycles. The number of hydrogen-bond donors (Lipinski definition) is 6. The topological polar surface area (TPSA) is 242 Å². The van der Waals surface area contributed by atoms with Crippen molar-refractivity contribution in [1.29, 1.82) is 0 Å². The molecule has 2 aromatic rings. The summed E-state index contributed by atoms with van der Waals surface area (Å²) in [4.78, 5) is 48.9. The van der Waals surface area contributed by atoms with Gasteiger partial charge >= 0.3 is 15.6 Å². The fourth-order valence-electron chi connectivity index (χ4n) is 3.04. The smallest absolute Gasteiger partial charge is 0.388 e. The lowest BCUT2D eigenvalue weighted by molar-refractivity contribution is -0.0492. The maximum absolute atomic E-state index is 11.9. The molecule has 0 bridgehead atoms. The molecular weight excluding hydrogens is 452 g/mol. The fourth-order valence-corrected chi connectivity index (χ4v) is 4.64. The number of hydrogen-bond acceptors (Lipinski definition) is 11. The van der Waals surface area contributed by atoms with Crippen molar-refractivity contribution in [3.8, 4) is 0 Å². The molecule has 3 heterocycles. The molecule has 1 saturated heterocycles. The fraction of sp³-hybridized carbons (Fsp3) is 0.583. The second kappa shape index (κ2) is 8.43. The number of rotatable bonds is 8. The molecule has 0 radical (unpaired) electrons. The lowest BCUT2D eigenvalue weighted by Crippen LogP contribution is -2.32. The van der Waals surface area contributed by atoms with Crippen LogP contribution in [0.5, 0.6) is 0 Å². The highest BCUT2D eigenvalue weighted by atomic mass is 31.3. The number of methoxy groups -OCH3 is 1. The SMILES string of the molecule is COC[C@H]1[C@@H](O)[C@H](n2cnc3c(=O)[nH]c(N)nc32)O[C@@H]1COP(=O)(O)OP(=O)(O)O. The number of anilines is 1. The summed E-state index contributed by atoms with van der Waals surface area (Å²) in [5, 5.41) is 10.7. The highest BCUT2D eigenvalue weighted by Crippen LogP contribution is 2.57. The predicted octanol–water partition coefficient (Wildman–Crippen LogP) is -1.55. The molecule has 1 fully saturated rings. The summed E-state index contributed by atoms with van der Waals surface area (Å²) in [5.74, 6) is -0.988. The molecule has 5 atom stereocenters. The molecule has 1 aliphatic heterocycles. The number of fused-ring (bicyclic) bond motifs is 1. The van der Waals surface area contributed by atoms with Gasteiger partial charge in [0, 0.05) is 13.0 Å². The predicted molar refractivity (Wildman–Crippen MR) is 96.8 cm³/mol. The van der Waals surface area contributed by atoms with E-state index in [1.54, 1.807) is 0 Å². The van der Waals surface area contributed by atoms with Crippen LogP contribution in [0.15, 0.2) is 11.1 Å². The van der Waals surface area contributed by atoms with E-state index in [0.717, 1.165) is 0 Å². The van der Waals surface area contributed by atoms with Crippen molar-refractivity contribution in [3.63, 3.8) is 0 Å². The molecular formula is C12H19N5O11P2. The van der Waals surface area contributed by atoms with E-state index in [4.69, 9.17) is 25.0 Å². The molecule has 0 aromatic carbocycles. The summed E-state index contributed by atoms with van der Waals surface area (Å²) in [6.07, 6.45) is -2.29. The normalized spacial score (nSPS) is 26.8. The van der Waals surface area contributed by atoms with Gasteiger partial charge in [-0.1, -0.05) is 0 Å². The minimum Gasteiger partial charge on any atom is -0.388 e. The van der Waals surface area contributed by atoms with E-state index in [-0.39, 0.29) is 23.7 Å². The maximum atomic E-state index is 11.9. The van der Waals surface area contributed by atoms with Crippen LogP contribution in [0.3, 0.4) is 0 Å². The van der Waals surface area contributed by atoms with E-state index < -0.39 is 52.2 Å². The largest absolute Gasteiger partial charge is 0.481 e. The molecule has 18 heteroatoms. The third-order valence-corrected chi connectivity index (χ3v) is 6.37. The number of ether oxygens (including phenoxy) is 2. The summed E-state index contributed by atoms with van der Waals surface area (Å²) in [5.41, 5.74) is 4.91. The van der Waals surface area contributed by atoms with E-state index in [2.05, 4.69) is 23.8 Å². The zero-order valence-corrected chi connectivity index (χ0v) is 17.0. The quantitative estimate of drug-likeness (QED) is 0.239. The second-order valence-electron chi connectivity index (χ2n) is 6.29. The molecule has 16 nitrogen and oxygen atoms in total. The number of phosphoric acid groups is 2. The number of aliphatic hydroxyl groups is 1. The van der Waals surface area contributed by atoms with Crippen LogP contribution in [0.25, 0.3) is 11.2 Å². The van der Waals surface area contributed by atoms with Gasteiger partial charge in [0.05, 0.1) is 25.6 Å².